The van der Waals surface area contributed by atoms with E-state index in [4.69, 9.17) is 5.73 Å². The van der Waals surface area contributed by atoms with Crippen molar-refractivity contribution in [3.63, 3.8) is 0 Å². The van der Waals surface area contributed by atoms with Crippen LogP contribution in [0.25, 0.3) is 0 Å². The molecule has 11 heavy (non-hydrogen) atoms. The average Bonchev–Trinajstić information content (AvgIpc) is 2.52. The van der Waals surface area contributed by atoms with Crippen molar-refractivity contribution in [3.8, 4) is 0 Å². The van der Waals surface area contributed by atoms with Crippen molar-refractivity contribution in [1.82, 2.24) is 4.98 Å². The molecule has 0 aliphatic carbocycles. The molecule has 1 aromatic heterocycles. The Morgan fingerprint density at radius 1 is 1.82 bits per heavy atom. The van der Waals surface area contributed by atoms with Crippen LogP contribution >= 0.6 is 11.3 Å². The van der Waals surface area contributed by atoms with Gasteiger partial charge in [-0.05, 0) is 12.8 Å². The van der Waals surface area contributed by atoms with Crippen molar-refractivity contribution in [2.24, 2.45) is 5.73 Å². The van der Waals surface area contributed by atoms with Gasteiger partial charge in [-0.2, -0.15) is 0 Å². The molecule has 0 bridgehead atoms. The molecule has 0 amide bonds. The summed E-state index contributed by atoms with van der Waals surface area (Å²) in [6.07, 6.45) is 5.66. The van der Waals surface area contributed by atoms with Gasteiger partial charge in [0.2, 0.25) is 0 Å². The van der Waals surface area contributed by atoms with Crippen LogP contribution in [-0.4, -0.2) is 4.98 Å². The fourth-order valence-electron chi connectivity index (χ4n) is 0.848. The van der Waals surface area contributed by atoms with Crippen LogP contribution < -0.4 is 5.73 Å². The van der Waals surface area contributed by atoms with Gasteiger partial charge in [-0.3, -0.25) is 4.98 Å². The van der Waals surface area contributed by atoms with E-state index in [1.807, 2.05) is 17.8 Å². The van der Waals surface area contributed by atoms with Crippen molar-refractivity contribution >= 4 is 11.3 Å². The monoisotopic (exact) mass is 168 g/mol. The lowest BCUT2D eigenvalue weighted by molar-refractivity contribution is 0.671. The number of thiazole rings is 1. The van der Waals surface area contributed by atoms with Crippen molar-refractivity contribution < 1.29 is 0 Å². The minimum atomic E-state index is 0.139. The molecule has 1 unspecified atom stereocenters. The van der Waals surface area contributed by atoms with Gasteiger partial charge in [0, 0.05) is 17.1 Å². The van der Waals surface area contributed by atoms with E-state index in [1.165, 1.54) is 0 Å². The second kappa shape index (κ2) is 4.26. The van der Waals surface area contributed by atoms with E-state index in [9.17, 15) is 0 Å². The van der Waals surface area contributed by atoms with Crippen molar-refractivity contribution in [1.29, 1.82) is 0 Å². The molecule has 0 radical (unpaired) electrons. The van der Waals surface area contributed by atoms with E-state index < -0.39 is 0 Å². The third kappa shape index (κ3) is 2.44. The molecule has 1 atom stereocenters. The molecule has 1 heterocycles. The molecular weight excluding hydrogens is 156 g/mol. The molecule has 2 nitrogen and oxygen atoms in total. The van der Waals surface area contributed by atoms with Crippen molar-refractivity contribution in [2.45, 2.75) is 18.9 Å². The van der Waals surface area contributed by atoms with Crippen LogP contribution in [0.2, 0.25) is 0 Å². The Bertz CT molecular complexity index is 206. The molecule has 1 rings (SSSR count). The van der Waals surface area contributed by atoms with Gasteiger partial charge in [0.05, 0.1) is 5.51 Å². The van der Waals surface area contributed by atoms with Crippen LogP contribution in [0.15, 0.2) is 24.4 Å². The average molecular weight is 168 g/mol. The zero-order valence-electron chi connectivity index (χ0n) is 6.36. The molecule has 60 valence electrons. The lowest BCUT2D eigenvalue weighted by Crippen LogP contribution is -2.07. The first-order valence-corrected chi connectivity index (χ1v) is 4.47. The molecule has 0 saturated carbocycles. The Balaban J connectivity index is 2.42. The first-order chi connectivity index (χ1) is 5.34. The lowest BCUT2D eigenvalue weighted by Gasteiger charge is -2.05. The number of aromatic nitrogens is 1. The summed E-state index contributed by atoms with van der Waals surface area (Å²) < 4.78 is 0. The van der Waals surface area contributed by atoms with Gasteiger partial charge in [0.15, 0.2) is 0 Å². The van der Waals surface area contributed by atoms with Gasteiger partial charge >= 0.3 is 0 Å². The number of nitrogens with two attached hydrogens (primary N) is 1. The number of rotatable bonds is 4. The fraction of sp³-hybridized carbons (Fsp3) is 0.375. The molecule has 0 aliphatic heterocycles. The normalized spacial score (nSPS) is 12.8. The Kier molecular flexibility index (Phi) is 3.26. The van der Waals surface area contributed by atoms with Gasteiger partial charge in [0.25, 0.3) is 0 Å². The topological polar surface area (TPSA) is 38.9 Å². The smallest absolute Gasteiger partial charge is 0.0794 e. The van der Waals surface area contributed by atoms with Crippen LogP contribution in [0.4, 0.5) is 0 Å². The second-order valence-corrected chi connectivity index (χ2v) is 3.29. The molecule has 0 aromatic carbocycles. The molecule has 0 aliphatic rings. The minimum absolute atomic E-state index is 0.139. The van der Waals surface area contributed by atoms with Crippen LogP contribution in [0.5, 0.6) is 0 Å². The lowest BCUT2D eigenvalue weighted by atomic mass is 10.1. The fourth-order valence-corrected chi connectivity index (χ4v) is 1.51. The third-order valence-corrected chi connectivity index (χ3v) is 2.41. The third-order valence-electron chi connectivity index (χ3n) is 1.50. The Labute approximate surface area is 70.8 Å². The highest BCUT2D eigenvalue weighted by atomic mass is 32.1. The summed E-state index contributed by atoms with van der Waals surface area (Å²) in [6.45, 7) is 3.65. The van der Waals surface area contributed by atoms with E-state index in [1.54, 1.807) is 11.3 Å². The van der Waals surface area contributed by atoms with Gasteiger partial charge < -0.3 is 5.73 Å². The van der Waals surface area contributed by atoms with Gasteiger partial charge in [-0.1, -0.05) is 6.08 Å². The van der Waals surface area contributed by atoms with E-state index >= 15 is 0 Å². The van der Waals surface area contributed by atoms with Crippen LogP contribution in [0.1, 0.15) is 23.8 Å². The summed E-state index contributed by atoms with van der Waals surface area (Å²) in [7, 11) is 0. The molecule has 0 fully saturated rings. The van der Waals surface area contributed by atoms with Gasteiger partial charge in [0.1, 0.15) is 0 Å². The molecule has 0 saturated heterocycles. The molecular formula is C8H12N2S. The number of nitrogens with zero attached hydrogens (tertiary/aromatic N) is 1. The summed E-state index contributed by atoms with van der Waals surface area (Å²) >= 11 is 1.61. The zero-order chi connectivity index (χ0) is 8.10. The SMILES string of the molecule is C=CCCC(N)c1cncs1. The zero-order valence-corrected chi connectivity index (χ0v) is 7.18. The van der Waals surface area contributed by atoms with E-state index in [2.05, 4.69) is 11.6 Å². The predicted octanol–water partition coefficient (Wildman–Crippen LogP) is 2.11. The summed E-state index contributed by atoms with van der Waals surface area (Å²) in [5.41, 5.74) is 7.66. The van der Waals surface area contributed by atoms with Gasteiger partial charge in [-0.15, -0.1) is 17.9 Å². The van der Waals surface area contributed by atoms with Crippen molar-refractivity contribution in [3.05, 3.63) is 29.2 Å². The highest BCUT2D eigenvalue weighted by Crippen LogP contribution is 2.18. The van der Waals surface area contributed by atoms with Crippen LogP contribution in [0, 0.1) is 0 Å². The standard InChI is InChI=1S/C8H12N2S/c1-2-3-4-7(9)8-5-10-6-11-8/h2,5-7H,1,3-4,9H2. The van der Waals surface area contributed by atoms with E-state index in [0.29, 0.717) is 0 Å². The quantitative estimate of drug-likeness (QED) is 0.699. The number of hydrogen-bond acceptors (Lipinski definition) is 3. The number of hydrogen-bond donors (Lipinski definition) is 1. The summed E-state index contributed by atoms with van der Waals surface area (Å²) in [5.74, 6) is 0. The Morgan fingerprint density at radius 3 is 3.18 bits per heavy atom. The predicted molar refractivity (Wildman–Crippen MR) is 48.5 cm³/mol. The Hall–Kier alpha value is -0.670. The van der Waals surface area contributed by atoms with Crippen LogP contribution in [-0.2, 0) is 0 Å². The summed E-state index contributed by atoms with van der Waals surface area (Å²) in [6, 6.07) is 0.139. The maximum Gasteiger partial charge on any atom is 0.0794 e. The maximum atomic E-state index is 5.85. The molecule has 1 aromatic rings. The van der Waals surface area contributed by atoms with Gasteiger partial charge in [-0.25, -0.2) is 0 Å². The second-order valence-electron chi connectivity index (χ2n) is 2.38. The van der Waals surface area contributed by atoms with E-state index in [-0.39, 0.29) is 6.04 Å². The van der Waals surface area contributed by atoms with Crippen LogP contribution in [0.3, 0.4) is 0 Å². The first kappa shape index (κ1) is 8.43. The highest BCUT2D eigenvalue weighted by molar-refractivity contribution is 7.09. The molecule has 3 heteroatoms. The molecule has 0 spiro atoms. The highest BCUT2D eigenvalue weighted by Gasteiger charge is 2.04. The largest absolute Gasteiger partial charge is 0.323 e. The number of allylic oxidation sites excluding steroid dienone is 1. The molecule has 2 N–H and O–H groups in total. The minimum Gasteiger partial charge on any atom is -0.323 e. The van der Waals surface area contributed by atoms with Crippen molar-refractivity contribution in [2.75, 3.05) is 0 Å². The summed E-state index contributed by atoms with van der Waals surface area (Å²) in [5, 5.41) is 0. The Morgan fingerprint density at radius 2 is 2.64 bits per heavy atom. The summed E-state index contributed by atoms with van der Waals surface area (Å²) in [4.78, 5) is 5.12. The first-order valence-electron chi connectivity index (χ1n) is 3.59. The maximum absolute atomic E-state index is 5.85. The van der Waals surface area contributed by atoms with E-state index in [0.717, 1.165) is 17.7 Å².